The minimum absolute atomic E-state index is 0.178. The average molecular weight is 310 g/mol. The molecule has 0 unspecified atom stereocenters. The topological polar surface area (TPSA) is 49.7 Å². The summed E-state index contributed by atoms with van der Waals surface area (Å²) < 4.78 is 12.9. The maximum absolute atomic E-state index is 12.9. The lowest BCUT2D eigenvalue weighted by molar-refractivity contribution is -0.140. The van der Waals surface area contributed by atoms with Crippen LogP contribution in [-0.2, 0) is 9.59 Å². The van der Waals surface area contributed by atoms with E-state index in [1.807, 2.05) is 0 Å². The van der Waals surface area contributed by atoms with Gasteiger partial charge in [-0.2, -0.15) is 10.1 Å². The Morgan fingerprint density at radius 2 is 1.57 bits per heavy atom. The number of hydrazone groups is 1. The largest absolute Gasteiger partial charge is 0.272 e. The van der Waals surface area contributed by atoms with Gasteiger partial charge in [-0.1, -0.05) is 24.3 Å². The monoisotopic (exact) mass is 310 g/mol. The first kappa shape index (κ1) is 13.2. The molecule has 0 N–H and O–H groups in total. The van der Waals surface area contributed by atoms with Crippen molar-refractivity contribution in [2.75, 3.05) is 0 Å². The van der Waals surface area contributed by atoms with Crippen LogP contribution in [0, 0.1) is 41.3 Å². The third kappa shape index (κ3) is 1.73. The Morgan fingerprint density at radius 1 is 1.00 bits per heavy atom. The molecule has 1 saturated heterocycles. The summed E-state index contributed by atoms with van der Waals surface area (Å²) in [6.45, 7) is 0. The van der Waals surface area contributed by atoms with Crippen molar-refractivity contribution in [3.05, 3.63) is 47.8 Å². The SMILES string of the molecule is O=C1[C@@H]2[C@H]3C=C[C@H]([C@H]4C[C@@H]34)[C@@H]2C(=O)N1/N=C\c1ccc(F)cc1. The van der Waals surface area contributed by atoms with Crippen LogP contribution in [0.2, 0.25) is 0 Å². The zero-order valence-electron chi connectivity index (χ0n) is 12.3. The van der Waals surface area contributed by atoms with Crippen LogP contribution < -0.4 is 0 Å². The fourth-order valence-electron chi connectivity index (χ4n) is 4.73. The summed E-state index contributed by atoms with van der Waals surface area (Å²) in [5.41, 5.74) is 0.658. The molecule has 5 aliphatic rings. The smallest absolute Gasteiger partial charge is 0.254 e. The number of carbonyl (C=O) groups is 2. The summed E-state index contributed by atoms with van der Waals surface area (Å²) >= 11 is 0. The molecule has 0 radical (unpaired) electrons. The predicted octanol–water partition coefficient (Wildman–Crippen LogP) is 2.21. The highest BCUT2D eigenvalue weighted by atomic mass is 19.1. The number of imide groups is 1. The molecule has 5 heteroatoms. The first-order valence-corrected chi connectivity index (χ1v) is 8.01. The summed E-state index contributed by atoms with van der Waals surface area (Å²) in [5, 5.41) is 5.14. The fraction of sp³-hybridized carbons (Fsp3) is 0.389. The Bertz CT molecular complexity index is 734. The minimum atomic E-state index is -0.330. The second-order valence-electron chi connectivity index (χ2n) is 6.94. The summed E-state index contributed by atoms with van der Waals surface area (Å²) in [7, 11) is 0. The first-order chi connectivity index (χ1) is 11.1. The van der Waals surface area contributed by atoms with E-state index in [1.54, 1.807) is 12.1 Å². The first-order valence-electron chi connectivity index (χ1n) is 8.01. The lowest BCUT2D eigenvalue weighted by Gasteiger charge is -2.37. The molecular weight excluding hydrogens is 295 g/mol. The van der Waals surface area contributed by atoms with E-state index in [1.165, 1.54) is 18.3 Å². The second-order valence-corrected chi connectivity index (χ2v) is 6.94. The molecule has 2 bridgehead atoms. The Balaban J connectivity index is 1.44. The molecule has 6 rings (SSSR count). The Hall–Kier alpha value is -2.30. The molecule has 6 atom stereocenters. The highest BCUT2D eigenvalue weighted by Crippen LogP contribution is 2.65. The molecule has 1 aliphatic heterocycles. The summed E-state index contributed by atoms with van der Waals surface area (Å²) in [6.07, 6.45) is 6.87. The molecule has 2 amide bonds. The molecule has 116 valence electrons. The van der Waals surface area contributed by atoms with Gasteiger partial charge in [-0.25, -0.2) is 4.39 Å². The normalized spacial score (nSPS) is 40.0. The van der Waals surface area contributed by atoms with Gasteiger partial charge in [-0.05, 0) is 47.8 Å². The van der Waals surface area contributed by atoms with Crippen molar-refractivity contribution in [3.8, 4) is 0 Å². The molecule has 0 aromatic heterocycles. The number of nitrogens with zero attached hydrogens (tertiary/aromatic N) is 2. The van der Waals surface area contributed by atoms with Gasteiger partial charge in [0.15, 0.2) is 0 Å². The molecule has 2 saturated carbocycles. The van der Waals surface area contributed by atoms with Crippen molar-refractivity contribution >= 4 is 18.0 Å². The molecular formula is C18H15FN2O2. The van der Waals surface area contributed by atoms with Crippen molar-refractivity contribution in [2.45, 2.75) is 6.42 Å². The van der Waals surface area contributed by atoms with Gasteiger partial charge in [0, 0.05) is 0 Å². The minimum Gasteiger partial charge on any atom is -0.272 e. The maximum Gasteiger partial charge on any atom is 0.254 e. The van der Waals surface area contributed by atoms with Crippen LogP contribution in [0.4, 0.5) is 4.39 Å². The number of amides is 2. The van der Waals surface area contributed by atoms with Gasteiger partial charge in [0.25, 0.3) is 11.8 Å². The summed E-state index contributed by atoms with van der Waals surface area (Å²) in [4.78, 5) is 25.4. The zero-order chi connectivity index (χ0) is 15.7. The van der Waals surface area contributed by atoms with Crippen molar-refractivity contribution < 1.29 is 14.0 Å². The lowest BCUT2D eigenvalue weighted by atomic mass is 9.63. The quantitative estimate of drug-likeness (QED) is 0.478. The molecule has 4 nitrogen and oxygen atoms in total. The van der Waals surface area contributed by atoms with Gasteiger partial charge >= 0.3 is 0 Å². The standard InChI is InChI=1S/C18H15FN2O2/c19-10-3-1-9(2-4-10)8-20-21-17(22)15-11-5-6-12(14-7-13(11)14)16(15)18(21)23/h1-6,8,11-16H,7H2/b20-8-/t11-,12+,13-,14+,15+,16-. The van der Waals surface area contributed by atoms with Crippen molar-refractivity contribution in [2.24, 2.45) is 40.6 Å². The van der Waals surface area contributed by atoms with Crippen LogP contribution in [0.1, 0.15) is 12.0 Å². The second kappa shape index (κ2) is 4.37. The number of carbonyl (C=O) groups excluding carboxylic acids is 2. The van der Waals surface area contributed by atoms with Crippen molar-refractivity contribution in [1.29, 1.82) is 0 Å². The molecule has 3 fully saturated rings. The highest BCUT2D eigenvalue weighted by Gasteiger charge is 2.67. The van der Waals surface area contributed by atoms with Gasteiger partial charge in [-0.15, -0.1) is 0 Å². The molecule has 0 spiro atoms. The van der Waals surface area contributed by atoms with Crippen LogP contribution in [-0.4, -0.2) is 23.0 Å². The van der Waals surface area contributed by atoms with E-state index in [-0.39, 0.29) is 41.3 Å². The molecule has 1 aromatic carbocycles. The summed E-state index contributed by atoms with van der Waals surface area (Å²) in [5.74, 6) is 0.440. The Kier molecular flexibility index (Phi) is 2.50. The van der Waals surface area contributed by atoms with E-state index in [0.29, 0.717) is 17.4 Å². The molecule has 1 heterocycles. The van der Waals surface area contributed by atoms with E-state index in [9.17, 15) is 14.0 Å². The average Bonchev–Trinajstić information content (AvgIpc) is 3.33. The summed E-state index contributed by atoms with van der Waals surface area (Å²) in [6, 6.07) is 5.79. The lowest BCUT2D eigenvalue weighted by Crippen LogP contribution is -2.40. The number of benzene rings is 1. The predicted molar refractivity (Wildman–Crippen MR) is 80.5 cm³/mol. The Morgan fingerprint density at radius 3 is 2.13 bits per heavy atom. The van der Waals surface area contributed by atoms with Crippen LogP contribution >= 0.6 is 0 Å². The Labute approximate surface area is 132 Å². The third-order valence-electron chi connectivity index (χ3n) is 5.83. The number of rotatable bonds is 2. The number of halogens is 1. The van der Waals surface area contributed by atoms with Crippen LogP contribution in [0.3, 0.4) is 0 Å². The molecule has 1 aromatic rings. The van der Waals surface area contributed by atoms with E-state index in [4.69, 9.17) is 0 Å². The van der Waals surface area contributed by atoms with Crippen LogP contribution in [0.25, 0.3) is 0 Å². The van der Waals surface area contributed by atoms with E-state index in [0.717, 1.165) is 11.4 Å². The van der Waals surface area contributed by atoms with Gasteiger partial charge in [0.1, 0.15) is 5.82 Å². The molecule has 4 aliphatic carbocycles. The van der Waals surface area contributed by atoms with Gasteiger partial charge < -0.3 is 0 Å². The van der Waals surface area contributed by atoms with Gasteiger partial charge in [-0.3, -0.25) is 9.59 Å². The highest BCUT2D eigenvalue weighted by molar-refractivity contribution is 6.06. The van der Waals surface area contributed by atoms with Crippen molar-refractivity contribution in [1.82, 2.24) is 5.01 Å². The van der Waals surface area contributed by atoms with Gasteiger partial charge in [0.2, 0.25) is 0 Å². The van der Waals surface area contributed by atoms with Crippen molar-refractivity contribution in [3.63, 3.8) is 0 Å². The maximum atomic E-state index is 12.9. The number of hydrogen-bond acceptors (Lipinski definition) is 3. The van der Waals surface area contributed by atoms with E-state index < -0.39 is 0 Å². The fourth-order valence-corrected chi connectivity index (χ4v) is 4.73. The number of allylic oxidation sites excluding steroid dienone is 2. The zero-order valence-corrected chi connectivity index (χ0v) is 12.3. The van der Waals surface area contributed by atoms with E-state index >= 15 is 0 Å². The van der Waals surface area contributed by atoms with E-state index in [2.05, 4.69) is 17.3 Å². The molecule has 23 heavy (non-hydrogen) atoms. The third-order valence-corrected chi connectivity index (χ3v) is 5.83. The van der Waals surface area contributed by atoms with Crippen LogP contribution in [0.5, 0.6) is 0 Å². The van der Waals surface area contributed by atoms with Gasteiger partial charge in [0.05, 0.1) is 18.1 Å². The van der Waals surface area contributed by atoms with Crippen LogP contribution in [0.15, 0.2) is 41.5 Å². The number of hydrogen-bond donors (Lipinski definition) is 0.